The number of rotatable bonds is 4. The van der Waals surface area contributed by atoms with E-state index in [1.807, 2.05) is 24.4 Å². The van der Waals surface area contributed by atoms with Crippen LogP contribution in [0.1, 0.15) is 5.56 Å². The van der Waals surface area contributed by atoms with Crippen LogP contribution in [0.4, 0.5) is 5.82 Å². The van der Waals surface area contributed by atoms with Gasteiger partial charge in [-0.2, -0.15) is 5.26 Å². The van der Waals surface area contributed by atoms with Gasteiger partial charge in [0.2, 0.25) is 0 Å². The largest absolute Gasteiger partial charge is 0.382 e. The Bertz CT molecular complexity index is 960. The van der Waals surface area contributed by atoms with Crippen LogP contribution in [0.25, 0.3) is 22.2 Å². The third kappa shape index (κ3) is 3.01. The third-order valence-electron chi connectivity index (χ3n) is 4.54. The number of nitriles is 1. The molecule has 132 valence electrons. The number of nitrogens with one attached hydrogen (secondary N) is 1. The third-order valence-corrected chi connectivity index (χ3v) is 4.54. The summed E-state index contributed by atoms with van der Waals surface area (Å²) in [4.78, 5) is 14.4. The summed E-state index contributed by atoms with van der Waals surface area (Å²) < 4.78 is 11.0. The molecule has 7 nitrogen and oxygen atoms in total. The zero-order valence-electron chi connectivity index (χ0n) is 14.5. The van der Waals surface area contributed by atoms with E-state index in [-0.39, 0.29) is 6.10 Å². The predicted molar refractivity (Wildman–Crippen MR) is 97.9 cm³/mol. The summed E-state index contributed by atoms with van der Waals surface area (Å²) in [5.41, 5.74) is 3.36. The first-order valence-electron chi connectivity index (χ1n) is 8.48. The lowest BCUT2D eigenvalue weighted by Crippen LogP contribution is -2.44. The maximum absolute atomic E-state index is 9.19. The van der Waals surface area contributed by atoms with E-state index in [9.17, 15) is 5.26 Å². The molecule has 1 aliphatic rings. The van der Waals surface area contributed by atoms with Crippen LogP contribution in [0.3, 0.4) is 0 Å². The molecule has 1 aromatic carbocycles. The van der Waals surface area contributed by atoms with Gasteiger partial charge in [-0.05, 0) is 17.7 Å². The van der Waals surface area contributed by atoms with E-state index in [1.54, 1.807) is 19.5 Å². The fraction of sp³-hybridized carbons (Fsp3) is 0.316. The molecule has 1 fully saturated rings. The number of nitrogens with zero attached hydrogens (tertiary/aromatic N) is 4. The Balaban J connectivity index is 1.79. The summed E-state index contributed by atoms with van der Waals surface area (Å²) >= 11 is 0. The summed E-state index contributed by atoms with van der Waals surface area (Å²) in [7, 11) is 1.68. The Morgan fingerprint density at radius 2 is 2.35 bits per heavy atom. The van der Waals surface area contributed by atoms with Crippen molar-refractivity contribution in [2.75, 3.05) is 38.3 Å². The highest BCUT2D eigenvalue weighted by Gasteiger charge is 2.24. The number of aromatic amines is 1. The maximum atomic E-state index is 9.19. The summed E-state index contributed by atoms with van der Waals surface area (Å²) in [6, 6.07) is 9.75. The van der Waals surface area contributed by atoms with Crippen molar-refractivity contribution in [2.45, 2.75) is 6.10 Å². The van der Waals surface area contributed by atoms with E-state index >= 15 is 0 Å². The van der Waals surface area contributed by atoms with Gasteiger partial charge in [0.15, 0.2) is 0 Å². The van der Waals surface area contributed by atoms with Gasteiger partial charge < -0.3 is 19.4 Å². The standard InChI is InChI=1S/C19H19N5O2/c1-25-11-15-10-24(5-6-26-15)19-17-16(9-21-18(17)22-12-23-19)14-4-2-3-13(7-14)8-20/h2-4,7,9,12,15H,5-6,10-11H2,1H3,(H,21,22,23)/t15-/m1/s1. The van der Waals surface area contributed by atoms with Crippen LogP contribution in [-0.4, -0.2) is 54.5 Å². The van der Waals surface area contributed by atoms with Crippen LogP contribution in [0.5, 0.6) is 0 Å². The molecule has 2 aromatic heterocycles. The van der Waals surface area contributed by atoms with Crippen LogP contribution in [0.2, 0.25) is 0 Å². The summed E-state index contributed by atoms with van der Waals surface area (Å²) in [6.07, 6.45) is 3.51. The van der Waals surface area contributed by atoms with Crippen molar-refractivity contribution in [3.05, 3.63) is 42.4 Å². The van der Waals surface area contributed by atoms with Crippen molar-refractivity contribution in [1.82, 2.24) is 15.0 Å². The zero-order chi connectivity index (χ0) is 17.9. The van der Waals surface area contributed by atoms with E-state index in [2.05, 4.69) is 25.9 Å². The number of aromatic nitrogens is 3. The Kier molecular flexibility index (Phi) is 4.52. The second-order valence-corrected chi connectivity index (χ2v) is 6.21. The molecule has 0 unspecified atom stereocenters. The normalized spacial score (nSPS) is 17.4. The molecule has 3 heterocycles. The van der Waals surface area contributed by atoms with Crippen molar-refractivity contribution >= 4 is 16.9 Å². The highest BCUT2D eigenvalue weighted by atomic mass is 16.5. The second-order valence-electron chi connectivity index (χ2n) is 6.21. The van der Waals surface area contributed by atoms with Gasteiger partial charge in [-0.25, -0.2) is 9.97 Å². The molecule has 1 atom stereocenters. The number of hydrogen-bond acceptors (Lipinski definition) is 6. The van der Waals surface area contributed by atoms with Crippen molar-refractivity contribution in [3.63, 3.8) is 0 Å². The molecule has 1 saturated heterocycles. The van der Waals surface area contributed by atoms with Gasteiger partial charge in [-0.1, -0.05) is 12.1 Å². The minimum absolute atomic E-state index is 0.0167. The molecule has 1 N–H and O–H groups in total. The number of hydrogen-bond donors (Lipinski definition) is 1. The minimum atomic E-state index is 0.0167. The van der Waals surface area contributed by atoms with Crippen LogP contribution < -0.4 is 4.90 Å². The quantitative estimate of drug-likeness (QED) is 0.778. The van der Waals surface area contributed by atoms with Crippen LogP contribution in [0.15, 0.2) is 36.8 Å². The predicted octanol–water partition coefficient (Wildman–Crippen LogP) is 2.35. The first-order valence-corrected chi connectivity index (χ1v) is 8.48. The average molecular weight is 349 g/mol. The first-order chi connectivity index (χ1) is 12.8. The lowest BCUT2D eigenvalue weighted by Gasteiger charge is -2.33. The lowest BCUT2D eigenvalue weighted by molar-refractivity contribution is -0.0101. The number of methoxy groups -OCH3 is 1. The highest BCUT2D eigenvalue weighted by Crippen LogP contribution is 2.34. The van der Waals surface area contributed by atoms with Crippen LogP contribution >= 0.6 is 0 Å². The Morgan fingerprint density at radius 1 is 1.42 bits per heavy atom. The first kappa shape index (κ1) is 16.5. The van der Waals surface area contributed by atoms with Gasteiger partial charge in [0, 0.05) is 32.0 Å². The SMILES string of the molecule is COC[C@H]1CN(c2ncnc3[nH]cc(-c4cccc(C#N)c4)c23)CCO1. The molecule has 26 heavy (non-hydrogen) atoms. The van der Waals surface area contributed by atoms with Crippen molar-refractivity contribution in [2.24, 2.45) is 0 Å². The molecular weight excluding hydrogens is 330 g/mol. The number of anilines is 1. The molecule has 0 saturated carbocycles. The molecule has 0 amide bonds. The van der Waals surface area contributed by atoms with Gasteiger partial charge >= 0.3 is 0 Å². The molecule has 1 aliphatic heterocycles. The van der Waals surface area contributed by atoms with Crippen molar-refractivity contribution in [1.29, 1.82) is 5.26 Å². The molecule has 7 heteroatoms. The Hall–Kier alpha value is -2.95. The number of fused-ring (bicyclic) bond motifs is 1. The van der Waals surface area contributed by atoms with Gasteiger partial charge in [0.25, 0.3) is 0 Å². The highest BCUT2D eigenvalue weighted by molar-refractivity contribution is 6.01. The topological polar surface area (TPSA) is 87.1 Å². The van der Waals surface area contributed by atoms with Gasteiger partial charge in [0.05, 0.1) is 36.3 Å². The molecular formula is C19H19N5O2. The van der Waals surface area contributed by atoms with E-state index in [0.29, 0.717) is 25.3 Å². The monoisotopic (exact) mass is 349 g/mol. The Labute approximate surface area is 151 Å². The van der Waals surface area contributed by atoms with Crippen LogP contribution in [0, 0.1) is 11.3 Å². The molecule has 0 bridgehead atoms. The summed E-state index contributed by atoms with van der Waals surface area (Å²) in [6.45, 7) is 2.65. The van der Waals surface area contributed by atoms with Crippen molar-refractivity contribution < 1.29 is 9.47 Å². The maximum Gasteiger partial charge on any atom is 0.143 e. The van der Waals surface area contributed by atoms with E-state index in [1.165, 1.54) is 0 Å². The van der Waals surface area contributed by atoms with E-state index in [4.69, 9.17) is 9.47 Å². The van der Waals surface area contributed by atoms with Gasteiger partial charge in [-0.3, -0.25) is 0 Å². The molecule has 0 aliphatic carbocycles. The number of H-pyrrole nitrogens is 1. The van der Waals surface area contributed by atoms with Gasteiger partial charge in [0.1, 0.15) is 17.8 Å². The molecule has 4 rings (SSSR count). The smallest absolute Gasteiger partial charge is 0.143 e. The van der Waals surface area contributed by atoms with E-state index in [0.717, 1.165) is 34.5 Å². The fourth-order valence-electron chi connectivity index (χ4n) is 3.37. The summed E-state index contributed by atoms with van der Waals surface area (Å²) in [5.74, 6) is 0.873. The number of morpholine rings is 1. The molecule has 0 spiro atoms. The lowest BCUT2D eigenvalue weighted by atomic mass is 10.0. The number of benzene rings is 1. The minimum Gasteiger partial charge on any atom is -0.382 e. The average Bonchev–Trinajstić information content (AvgIpc) is 3.13. The zero-order valence-corrected chi connectivity index (χ0v) is 14.5. The number of ether oxygens (including phenoxy) is 2. The molecule has 0 radical (unpaired) electrons. The Morgan fingerprint density at radius 3 is 3.19 bits per heavy atom. The fourth-order valence-corrected chi connectivity index (χ4v) is 3.37. The van der Waals surface area contributed by atoms with Crippen LogP contribution in [-0.2, 0) is 9.47 Å². The second kappa shape index (κ2) is 7.12. The van der Waals surface area contributed by atoms with E-state index < -0.39 is 0 Å². The van der Waals surface area contributed by atoms with Gasteiger partial charge in [-0.15, -0.1) is 0 Å². The molecule has 3 aromatic rings. The van der Waals surface area contributed by atoms with Crippen molar-refractivity contribution in [3.8, 4) is 17.2 Å². The summed E-state index contributed by atoms with van der Waals surface area (Å²) in [5, 5.41) is 10.2.